The normalized spacial score (nSPS) is 10.3. The molecule has 19 heavy (non-hydrogen) atoms. The molecule has 0 aromatic heterocycles. The quantitative estimate of drug-likeness (QED) is 0.561. The van der Waals surface area contributed by atoms with E-state index in [0.29, 0.717) is 17.2 Å². The van der Waals surface area contributed by atoms with Crippen LogP contribution in [-0.2, 0) is 6.61 Å². The van der Waals surface area contributed by atoms with E-state index in [-0.39, 0.29) is 5.78 Å². The fraction of sp³-hybridized carbons (Fsp3) is 0.133. The lowest BCUT2D eigenvalue weighted by Gasteiger charge is -2.09. The van der Waals surface area contributed by atoms with Crippen LogP contribution in [0.15, 0.2) is 42.5 Å². The Morgan fingerprint density at radius 2 is 2.00 bits per heavy atom. The highest BCUT2D eigenvalue weighted by molar-refractivity contribution is 14.1. The van der Waals surface area contributed by atoms with Gasteiger partial charge in [0.15, 0.2) is 5.78 Å². The highest BCUT2D eigenvalue weighted by Crippen LogP contribution is 2.22. The third-order valence-corrected chi connectivity index (χ3v) is 3.93. The van der Waals surface area contributed by atoms with Gasteiger partial charge in [0, 0.05) is 19.7 Å². The fourth-order valence-corrected chi connectivity index (χ4v) is 2.70. The van der Waals surface area contributed by atoms with Gasteiger partial charge >= 0.3 is 0 Å². The van der Waals surface area contributed by atoms with Gasteiger partial charge in [-0.25, -0.2) is 0 Å². The lowest BCUT2D eigenvalue weighted by atomic mass is 10.1. The number of hydrogen-bond acceptors (Lipinski definition) is 2. The van der Waals surface area contributed by atoms with Crippen LogP contribution in [0.2, 0.25) is 5.02 Å². The van der Waals surface area contributed by atoms with Gasteiger partial charge < -0.3 is 4.74 Å². The summed E-state index contributed by atoms with van der Waals surface area (Å²) in [4.78, 5) is 11.3. The zero-order valence-electron chi connectivity index (χ0n) is 10.3. The van der Waals surface area contributed by atoms with Crippen LogP contribution >= 0.6 is 34.2 Å². The number of ketones is 1. The molecule has 0 spiro atoms. The van der Waals surface area contributed by atoms with E-state index in [1.165, 1.54) is 0 Å². The Kier molecular flexibility index (Phi) is 4.82. The van der Waals surface area contributed by atoms with Crippen molar-refractivity contribution in [1.82, 2.24) is 0 Å². The highest BCUT2D eigenvalue weighted by atomic mass is 127. The average Bonchev–Trinajstić information content (AvgIpc) is 2.37. The first kappa shape index (κ1) is 14.3. The van der Waals surface area contributed by atoms with Gasteiger partial charge in [0.25, 0.3) is 0 Å². The number of ether oxygens (including phenoxy) is 1. The van der Waals surface area contributed by atoms with Crippen molar-refractivity contribution in [2.75, 3.05) is 0 Å². The topological polar surface area (TPSA) is 26.3 Å². The molecule has 0 saturated carbocycles. The number of rotatable bonds is 4. The predicted octanol–water partition coefficient (Wildman–Crippen LogP) is 4.73. The molecule has 0 saturated heterocycles. The number of Topliss-reactive ketones (excluding diaryl/α,β-unsaturated/α-hetero) is 1. The van der Waals surface area contributed by atoms with Crippen molar-refractivity contribution in [2.24, 2.45) is 0 Å². The van der Waals surface area contributed by atoms with Crippen LogP contribution in [0.3, 0.4) is 0 Å². The van der Waals surface area contributed by atoms with Gasteiger partial charge in [-0.2, -0.15) is 0 Å². The average molecular weight is 387 g/mol. The smallest absolute Gasteiger partial charge is 0.160 e. The zero-order chi connectivity index (χ0) is 13.8. The molecule has 0 amide bonds. The second-order valence-electron chi connectivity index (χ2n) is 4.08. The summed E-state index contributed by atoms with van der Waals surface area (Å²) < 4.78 is 6.58. The number of benzene rings is 2. The number of halogens is 2. The summed E-state index contributed by atoms with van der Waals surface area (Å²) >= 11 is 8.20. The maximum Gasteiger partial charge on any atom is 0.160 e. The minimum Gasteiger partial charge on any atom is -0.489 e. The minimum absolute atomic E-state index is 0.0575. The standard InChI is InChI=1S/C15H12ClIO2/c1-10(18)13-7-6-12(8-15(13)17)19-9-11-4-2-3-5-14(11)16/h2-8H,9H2,1H3. The van der Waals surface area contributed by atoms with E-state index in [1.54, 1.807) is 19.1 Å². The molecule has 4 heteroatoms. The van der Waals surface area contributed by atoms with E-state index < -0.39 is 0 Å². The van der Waals surface area contributed by atoms with Gasteiger partial charge in [-0.05, 0) is 53.8 Å². The third-order valence-electron chi connectivity index (χ3n) is 2.67. The Bertz CT molecular complexity index is 611. The Morgan fingerprint density at radius 1 is 1.26 bits per heavy atom. The molecule has 0 heterocycles. The summed E-state index contributed by atoms with van der Waals surface area (Å²) in [6.07, 6.45) is 0. The van der Waals surface area contributed by atoms with Crippen LogP contribution in [0.5, 0.6) is 5.75 Å². The Balaban J connectivity index is 2.11. The largest absolute Gasteiger partial charge is 0.489 e. The van der Waals surface area contributed by atoms with Gasteiger partial charge in [0.2, 0.25) is 0 Å². The van der Waals surface area contributed by atoms with Gasteiger partial charge in [0.05, 0.1) is 0 Å². The SMILES string of the molecule is CC(=O)c1ccc(OCc2ccccc2Cl)cc1I. The van der Waals surface area contributed by atoms with Crippen molar-refractivity contribution >= 4 is 40.0 Å². The molecular formula is C15H12ClIO2. The molecule has 2 nitrogen and oxygen atoms in total. The first-order valence-corrected chi connectivity index (χ1v) is 7.20. The Morgan fingerprint density at radius 3 is 2.63 bits per heavy atom. The van der Waals surface area contributed by atoms with Gasteiger partial charge in [0.1, 0.15) is 12.4 Å². The second-order valence-corrected chi connectivity index (χ2v) is 5.65. The Labute approximate surface area is 130 Å². The predicted molar refractivity (Wildman–Crippen MR) is 84.9 cm³/mol. The van der Waals surface area contributed by atoms with E-state index in [1.807, 2.05) is 30.3 Å². The summed E-state index contributed by atoms with van der Waals surface area (Å²) in [5, 5.41) is 0.692. The summed E-state index contributed by atoms with van der Waals surface area (Å²) in [5.74, 6) is 0.788. The van der Waals surface area contributed by atoms with Crippen molar-refractivity contribution < 1.29 is 9.53 Å². The van der Waals surface area contributed by atoms with Gasteiger partial charge in [-0.3, -0.25) is 4.79 Å². The highest BCUT2D eigenvalue weighted by Gasteiger charge is 2.07. The van der Waals surface area contributed by atoms with Crippen LogP contribution in [0.25, 0.3) is 0 Å². The maximum absolute atomic E-state index is 11.3. The molecule has 0 N–H and O–H groups in total. The zero-order valence-corrected chi connectivity index (χ0v) is 13.2. The molecule has 2 aromatic carbocycles. The van der Waals surface area contributed by atoms with Gasteiger partial charge in [-0.15, -0.1) is 0 Å². The van der Waals surface area contributed by atoms with Crippen molar-refractivity contribution in [2.45, 2.75) is 13.5 Å². The van der Waals surface area contributed by atoms with Crippen LogP contribution in [0.4, 0.5) is 0 Å². The maximum atomic E-state index is 11.3. The molecule has 2 aromatic rings. The molecule has 0 aliphatic rings. The molecule has 0 aliphatic carbocycles. The molecule has 98 valence electrons. The molecule has 0 unspecified atom stereocenters. The summed E-state index contributed by atoms with van der Waals surface area (Å²) in [6.45, 7) is 1.97. The van der Waals surface area contributed by atoms with Crippen molar-refractivity contribution in [1.29, 1.82) is 0 Å². The van der Waals surface area contributed by atoms with E-state index in [0.717, 1.165) is 14.9 Å². The van der Waals surface area contributed by atoms with Crippen LogP contribution in [0.1, 0.15) is 22.8 Å². The molecule has 0 radical (unpaired) electrons. The number of carbonyl (C=O) groups excluding carboxylic acids is 1. The molecular weight excluding hydrogens is 375 g/mol. The first-order valence-electron chi connectivity index (χ1n) is 5.74. The fourth-order valence-electron chi connectivity index (χ4n) is 1.65. The van der Waals surface area contributed by atoms with E-state index in [2.05, 4.69) is 22.6 Å². The lowest BCUT2D eigenvalue weighted by Crippen LogP contribution is -1.99. The van der Waals surface area contributed by atoms with Crippen molar-refractivity contribution in [3.05, 3.63) is 62.2 Å². The van der Waals surface area contributed by atoms with Crippen LogP contribution in [-0.4, -0.2) is 5.78 Å². The van der Waals surface area contributed by atoms with Crippen LogP contribution in [0, 0.1) is 3.57 Å². The first-order chi connectivity index (χ1) is 9.08. The van der Waals surface area contributed by atoms with E-state index >= 15 is 0 Å². The van der Waals surface area contributed by atoms with Gasteiger partial charge in [-0.1, -0.05) is 29.8 Å². The third kappa shape index (κ3) is 3.70. The Hall–Kier alpha value is -1.07. The van der Waals surface area contributed by atoms with E-state index in [4.69, 9.17) is 16.3 Å². The molecule has 2 rings (SSSR count). The van der Waals surface area contributed by atoms with Crippen molar-refractivity contribution in [3.8, 4) is 5.75 Å². The molecule has 0 atom stereocenters. The van der Waals surface area contributed by atoms with Crippen molar-refractivity contribution in [3.63, 3.8) is 0 Å². The summed E-state index contributed by atoms with van der Waals surface area (Å²) in [5.41, 5.74) is 1.65. The molecule has 0 bridgehead atoms. The summed E-state index contributed by atoms with van der Waals surface area (Å²) in [7, 11) is 0. The summed E-state index contributed by atoms with van der Waals surface area (Å²) in [6, 6.07) is 13.0. The minimum atomic E-state index is 0.0575. The molecule has 0 aliphatic heterocycles. The van der Waals surface area contributed by atoms with Crippen LogP contribution < -0.4 is 4.74 Å². The lowest BCUT2D eigenvalue weighted by molar-refractivity contribution is 0.101. The van der Waals surface area contributed by atoms with E-state index in [9.17, 15) is 4.79 Å². The monoisotopic (exact) mass is 386 g/mol. The second kappa shape index (κ2) is 6.39. The number of carbonyl (C=O) groups is 1. The number of hydrogen-bond donors (Lipinski definition) is 0. The molecule has 0 fully saturated rings.